The number of carbonyl (C=O) groups is 2. The number of aromatic nitrogens is 4. The molecule has 11 heteroatoms. The molecule has 0 fully saturated rings. The number of aromatic carboxylic acids is 1. The fraction of sp³-hybridized carbons (Fsp3) is 0.289. The summed E-state index contributed by atoms with van der Waals surface area (Å²) in [4.78, 5) is 27.4. The molecule has 0 aliphatic carbocycles. The third kappa shape index (κ3) is 5.27. The first kappa shape index (κ1) is 32.8. The van der Waals surface area contributed by atoms with Crippen molar-refractivity contribution in [1.29, 1.82) is 0 Å². The largest absolute Gasteiger partial charge is 0.494 e. The van der Waals surface area contributed by atoms with Crippen LogP contribution in [0.2, 0.25) is 10.0 Å². The predicted octanol–water partition coefficient (Wildman–Crippen LogP) is 8.67. The van der Waals surface area contributed by atoms with E-state index < -0.39 is 12.0 Å². The molecule has 252 valence electrons. The second-order valence-corrected chi connectivity index (χ2v) is 13.7. The molecule has 9 nitrogen and oxygen atoms in total. The van der Waals surface area contributed by atoms with E-state index in [1.165, 1.54) is 0 Å². The maximum absolute atomic E-state index is 15.2. The van der Waals surface area contributed by atoms with Gasteiger partial charge in [-0.05, 0) is 107 Å². The number of carboxylic acids is 1. The number of aryl methyl sites for hydroxylation is 5. The highest BCUT2D eigenvalue weighted by Gasteiger charge is 2.45. The number of nitrogens with zero attached hydrogens (tertiary/aromatic N) is 5. The molecular formula is C38H37Cl2N5O4. The highest BCUT2D eigenvalue weighted by molar-refractivity contribution is 6.32. The molecule has 49 heavy (non-hydrogen) atoms. The lowest BCUT2D eigenvalue weighted by Gasteiger charge is -2.42. The Morgan fingerprint density at radius 2 is 1.71 bits per heavy atom. The lowest BCUT2D eigenvalue weighted by atomic mass is 9.94. The third-order valence-electron chi connectivity index (χ3n) is 9.89. The molecule has 7 rings (SSSR count). The van der Waals surface area contributed by atoms with Gasteiger partial charge in [0.05, 0.1) is 34.9 Å². The molecule has 0 radical (unpaired) electrons. The number of ether oxygens (including phenoxy) is 1. The van der Waals surface area contributed by atoms with Gasteiger partial charge in [-0.25, -0.2) is 9.80 Å². The minimum absolute atomic E-state index is 0.176. The SMILES string of the molecule is Cc1cc(OCCCc2c3n(c4cc(Cl)ccc24)C(C)[C@@H](c2c(C)nn(C)c2C)N(n2ccc4c(C(=O)O)cccc42)C3=O)cc(C)c1Cl. The lowest BCUT2D eigenvalue weighted by molar-refractivity contribution is 0.0698. The summed E-state index contributed by atoms with van der Waals surface area (Å²) in [6.45, 7) is 10.5. The minimum atomic E-state index is -1.03. The van der Waals surface area contributed by atoms with Crippen LogP contribution in [0, 0.1) is 27.7 Å². The van der Waals surface area contributed by atoms with Crippen molar-refractivity contribution in [3.8, 4) is 5.75 Å². The van der Waals surface area contributed by atoms with Crippen LogP contribution in [0.3, 0.4) is 0 Å². The zero-order chi connectivity index (χ0) is 34.9. The molecule has 3 aromatic carbocycles. The monoisotopic (exact) mass is 697 g/mol. The molecule has 4 heterocycles. The first-order valence-corrected chi connectivity index (χ1v) is 17.0. The predicted molar refractivity (Wildman–Crippen MR) is 193 cm³/mol. The van der Waals surface area contributed by atoms with Crippen LogP contribution in [0.4, 0.5) is 0 Å². The summed E-state index contributed by atoms with van der Waals surface area (Å²) in [6, 6.07) is 15.9. The average molecular weight is 699 g/mol. The van der Waals surface area contributed by atoms with E-state index in [9.17, 15) is 9.90 Å². The third-order valence-corrected chi connectivity index (χ3v) is 10.7. The molecule has 6 aromatic rings. The fourth-order valence-corrected chi connectivity index (χ4v) is 7.89. The van der Waals surface area contributed by atoms with Crippen molar-refractivity contribution in [2.75, 3.05) is 11.6 Å². The number of hydrogen-bond acceptors (Lipinski definition) is 4. The Balaban J connectivity index is 1.38. The Hall–Kier alpha value is -4.73. The van der Waals surface area contributed by atoms with Crippen LogP contribution in [0.25, 0.3) is 21.8 Å². The van der Waals surface area contributed by atoms with Gasteiger partial charge in [0.25, 0.3) is 5.91 Å². The van der Waals surface area contributed by atoms with Gasteiger partial charge >= 0.3 is 5.97 Å². The number of rotatable bonds is 8. The summed E-state index contributed by atoms with van der Waals surface area (Å²) >= 11 is 13.0. The number of hydrogen-bond donors (Lipinski definition) is 1. The highest BCUT2D eigenvalue weighted by atomic mass is 35.5. The van der Waals surface area contributed by atoms with Gasteiger partial charge in [0.1, 0.15) is 17.5 Å². The van der Waals surface area contributed by atoms with E-state index in [0.717, 1.165) is 55.3 Å². The first-order valence-electron chi connectivity index (χ1n) is 16.3. The molecular weight excluding hydrogens is 661 g/mol. The van der Waals surface area contributed by atoms with E-state index in [-0.39, 0.29) is 17.5 Å². The molecule has 0 spiro atoms. The molecule has 1 unspecified atom stereocenters. The fourth-order valence-electron chi connectivity index (χ4n) is 7.61. The molecule has 1 aliphatic heterocycles. The van der Waals surface area contributed by atoms with Gasteiger partial charge in [-0.15, -0.1) is 0 Å². The Bertz CT molecular complexity index is 2290. The van der Waals surface area contributed by atoms with Crippen LogP contribution in [0.15, 0.2) is 60.8 Å². The Morgan fingerprint density at radius 3 is 2.39 bits per heavy atom. The number of fused-ring (bicyclic) bond motifs is 4. The Labute approximate surface area is 294 Å². The van der Waals surface area contributed by atoms with Crippen molar-refractivity contribution < 1.29 is 19.4 Å². The van der Waals surface area contributed by atoms with Crippen molar-refractivity contribution in [2.45, 2.75) is 59.5 Å². The van der Waals surface area contributed by atoms with Gasteiger partial charge in [-0.2, -0.15) is 5.10 Å². The van der Waals surface area contributed by atoms with Crippen molar-refractivity contribution >= 4 is 56.9 Å². The molecule has 2 atom stereocenters. The van der Waals surface area contributed by atoms with Crippen LogP contribution in [-0.4, -0.2) is 42.6 Å². The van der Waals surface area contributed by atoms with Gasteiger partial charge in [-0.3, -0.25) is 14.2 Å². The standard InChI is InChI=1S/C38H37Cl2N5O4/c1-20-17-26(18-21(2)34(20)40)49-16-8-10-29-27-13-12-25(39)19-32(27)44-24(5)35(33-22(3)41-42(6)23(33)4)45(37(46)36(29)44)43-15-14-28-30(38(47)48)9-7-11-31(28)43/h7,9,11-15,17-19,24,35H,8,10,16H2,1-6H3,(H,47,48)/t24?,35-/m0/s1. The quantitative estimate of drug-likeness (QED) is 0.161. The summed E-state index contributed by atoms with van der Waals surface area (Å²) in [5, 5.41) is 19.3. The summed E-state index contributed by atoms with van der Waals surface area (Å²) in [5.74, 6) is -0.463. The molecule has 3 aromatic heterocycles. The van der Waals surface area contributed by atoms with Gasteiger partial charge in [0.15, 0.2) is 0 Å². The van der Waals surface area contributed by atoms with Crippen LogP contribution >= 0.6 is 23.2 Å². The van der Waals surface area contributed by atoms with Crippen LogP contribution < -0.4 is 9.75 Å². The zero-order valence-electron chi connectivity index (χ0n) is 28.2. The molecule has 1 amide bonds. The molecule has 0 saturated carbocycles. The number of halogens is 2. The van der Waals surface area contributed by atoms with E-state index in [2.05, 4.69) is 11.5 Å². The average Bonchev–Trinajstić information content (AvgIpc) is 3.70. The highest BCUT2D eigenvalue weighted by Crippen LogP contribution is 2.45. The van der Waals surface area contributed by atoms with E-state index >= 15 is 4.79 Å². The second kappa shape index (κ2) is 12.3. The second-order valence-electron chi connectivity index (χ2n) is 12.9. The summed E-state index contributed by atoms with van der Waals surface area (Å²) in [6.07, 6.45) is 3.04. The smallest absolute Gasteiger partial charge is 0.336 e. The number of amides is 1. The summed E-state index contributed by atoms with van der Waals surface area (Å²) in [5.41, 5.74) is 7.81. The molecule has 0 saturated heterocycles. The van der Waals surface area contributed by atoms with Crippen LogP contribution in [0.1, 0.15) is 79.9 Å². The van der Waals surface area contributed by atoms with E-state index in [1.54, 1.807) is 29.4 Å². The lowest BCUT2D eigenvalue weighted by Crippen LogP contribution is -2.51. The van der Waals surface area contributed by atoms with Gasteiger partial charge in [0, 0.05) is 45.3 Å². The van der Waals surface area contributed by atoms with E-state index in [4.69, 9.17) is 33.0 Å². The van der Waals surface area contributed by atoms with E-state index in [0.29, 0.717) is 41.1 Å². The van der Waals surface area contributed by atoms with Crippen molar-refractivity contribution in [1.82, 2.24) is 19.0 Å². The molecule has 0 bridgehead atoms. The number of benzene rings is 3. The number of carboxylic acid groups (broad SMARTS) is 1. The van der Waals surface area contributed by atoms with Crippen molar-refractivity contribution in [3.63, 3.8) is 0 Å². The first-order chi connectivity index (χ1) is 23.4. The van der Waals surface area contributed by atoms with Crippen LogP contribution in [0.5, 0.6) is 5.75 Å². The van der Waals surface area contributed by atoms with Gasteiger partial charge in [0.2, 0.25) is 0 Å². The molecule has 1 aliphatic rings. The van der Waals surface area contributed by atoms with Crippen LogP contribution in [-0.2, 0) is 13.5 Å². The zero-order valence-corrected chi connectivity index (χ0v) is 29.7. The number of carbonyl (C=O) groups excluding carboxylic acids is 1. The summed E-state index contributed by atoms with van der Waals surface area (Å²) < 4.78 is 11.9. The Kier molecular flexibility index (Phi) is 8.24. The maximum atomic E-state index is 15.2. The minimum Gasteiger partial charge on any atom is -0.494 e. The van der Waals surface area contributed by atoms with E-state index in [1.807, 2.05) is 80.5 Å². The molecule has 1 N–H and O–H groups in total. The van der Waals surface area contributed by atoms with Crippen molar-refractivity contribution in [3.05, 3.63) is 116 Å². The topological polar surface area (TPSA) is 94.5 Å². The van der Waals surface area contributed by atoms with Gasteiger partial charge < -0.3 is 14.4 Å². The normalized spacial score (nSPS) is 16.2. The summed E-state index contributed by atoms with van der Waals surface area (Å²) in [7, 11) is 1.90. The van der Waals surface area contributed by atoms with Gasteiger partial charge in [-0.1, -0.05) is 35.3 Å². The van der Waals surface area contributed by atoms with Crippen molar-refractivity contribution in [2.24, 2.45) is 7.05 Å². The Morgan fingerprint density at radius 1 is 0.980 bits per heavy atom. The maximum Gasteiger partial charge on any atom is 0.336 e.